The van der Waals surface area contributed by atoms with Crippen LogP contribution in [0.25, 0.3) is 0 Å². The highest BCUT2D eigenvalue weighted by atomic mass is 19.1. The van der Waals surface area contributed by atoms with Gasteiger partial charge in [-0.15, -0.1) is 0 Å². The minimum atomic E-state index is -0.771. The van der Waals surface area contributed by atoms with Crippen LogP contribution < -0.4 is 5.32 Å². The summed E-state index contributed by atoms with van der Waals surface area (Å²) in [6.45, 7) is 3.08. The number of hydrogen-bond donors (Lipinski definition) is 2. The summed E-state index contributed by atoms with van der Waals surface area (Å²) < 4.78 is 13.9. The fourth-order valence-corrected chi connectivity index (χ4v) is 1.82. The zero-order valence-corrected chi connectivity index (χ0v) is 11.4. The van der Waals surface area contributed by atoms with Gasteiger partial charge in [-0.2, -0.15) is 0 Å². The standard InChI is InChI=1S/C13H17FN2O4/c1-3-9(4-5-17)15-13(18)11-7-10(16(19)20)6-8(2)12(11)14/h6-7,9,17H,3-5H2,1-2H3,(H,15,18). The highest BCUT2D eigenvalue weighted by Crippen LogP contribution is 2.21. The van der Waals surface area contributed by atoms with Crippen molar-refractivity contribution in [3.8, 4) is 0 Å². The lowest BCUT2D eigenvalue weighted by atomic mass is 10.1. The van der Waals surface area contributed by atoms with Gasteiger partial charge in [0.25, 0.3) is 11.6 Å². The molecule has 0 aliphatic carbocycles. The van der Waals surface area contributed by atoms with Gasteiger partial charge in [-0.25, -0.2) is 4.39 Å². The molecule has 0 heterocycles. The highest BCUT2D eigenvalue weighted by Gasteiger charge is 2.21. The number of nitrogens with zero attached hydrogens (tertiary/aromatic N) is 1. The van der Waals surface area contributed by atoms with E-state index in [4.69, 9.17) is 5.11 Å². The fraction of sp³-hybridized carbons (Fsp3) is 0.462. The molecule has 0 saturated carbocycles. The van der Waals surface area contributed by atoms with Crippen molar-refractivity contribution in [3.63, 3.8) is 0 Å². The van der Waals surface area contributed by atoms with Gasteiger partial charge in [-0.3, -0.25) is 14.9 Å². The van der Waals surface area contributed by atoms with Crippen LogP contribution in [0.3, 0.4) is 0 Å². The summed E-state index contributed by atoms with van der Waals surface area (Å²) in [7, 11) is 0. The normalized spacial score (nSPS) is 12.0. The maximum absolute atomic E-state index is 13.9. The van der Waals surface area contributed by atoms with E-state index in [1.54, 1.807) is 0 Å². The van der Waals surface area contributed by atoms with Gasteiger partial charge in [-0.05, 0) is 25.3 Å². The van der Waals surface area contributed by atoms with Crippen LogP contribution in [-0.4, -0.2) is 28.6 Å². The number of rotatable bonds is 6. The molecular weight excluding hydrogens is 267 g/mol. The summed E-state index contributed by atoms with van der Waals surface area (Å²) in [5, 5.41) is 22.1. The van der Waals surface area contributed by atoms with Crippen LogP contribution in [0.2, 0.25) is 0 Å². The molecule has 0 aromatic heterocycles. The monoisotopic (exact) mass is 284 g/mol. The van der Waals surface area contributed by atoms with E-state index in [2.05, 4.69) is 5.32 Å². The van der Waals surface area contributed by atoms with Crippen molar-refractivity contribution in [1.29, 1.82) is 0 Å². The molecule has 0 bridgehead atoms. The van der Waals surface area contributed by atoms with Gasteiger partial charge in [0, 0.05) is 24.8 Å². The first-order valence-electron chi connectivity index (χ1n) is 6.27. The van der Waals surface area contributed by atoms with Gasteiger partial charge in [-0.1, -0.05) is 6.92 Å². The number of nitro benzene ring substituents is 1. The minimum Gasteiger partial charge on any atom is -0.396 e. The van der Waals surface area contributed by atoms with Crippen molar-refractivity contribution in [1.82, 2.24) is 5.32 Å². The number of nitro groups is 1. The number of aliphatic hydroxyl groups excluding tert-OH is 1. The molecule has 2 N–H and O–H groups in total. The second-order valence-corrected chi connectivity index (χ2v) is 4.47. The van der Waals surface area contributed by atoms with Crippen LogP contribution in [0, 0.1) is 22.9 Å². The first-order valence-corrected chi connectivity index (χ1v) is 6.27. The summed E-state index contributed by atoms with van der Waals surface area (Å²) in [5.41, 5.74) is -0.642. The first-order chi connectivity index (χ1) is 9.40. The molecule has 0 fully saturated rings. The zero-order chi connectivity index (χ0) is 15.3. The molecule has 0 spiro atoms. The Morgan fingerprint density at radius 3 is 2.70 bits per heavy atom. The van der Waals surface area contributed by atoms with Crippen molar-refractivity contribution in [3.05, 3.63) is 39.2 Å². The van der Waals surface area contributed by atoms with E-state index in [0.717, 1.165) is 12.1 Å². The predicted molar refractivity (Wildman–Crippen MR) is 71.0 cm³/mol. The van der Waals surface area contributed by atoms with E-state index < -0.39 is 16.6 Å². The average molecular weight is 284 g/mol. The number of amides is 1. The molecule has 1 aromatic carbocycles. The van der Waals surface area contributed by atoms with Crippen molar-refractivity contribution >= 4 is 11.6 Å². The molecule has 0 aliphatic rings. The van der Waals surface area contributed by atoms with Gasteiger partial charge in [0.05, 0.1) is 10.5 Å². The Morgan fingerprint density at radius 2 is 2.20 bits per heavy atom. The quantitative estimate of drug-likeness (QED) is 0.616. The maximum atomic E-state index is 13.9. The van der Waals surface area contributed by atoms with Crippen LogP contribution in [0.15, 0.2) is 12.1 Å². The summed E-state index contributed by atoms with van der Waals surface area (Å²) in [6.07, 6.45) is 0.916. The van der Waals surface area contributed by atoms with Crippen LogP contribution in [0.1, 0.15) is 35.7 Å². The number of carbonyl (C=O) groups is 1. The summed E-state index contributed by atoms with van der Waals surface area (Å²) in [5.74, 6) is -1.48. The van der Waals surface area contributed by atoms with E-state index >= 15 is 0 Å². The van der Waals surface area contributed by atoms with E-state index in [1.165, 1.54) is 6.92 Å². The number of nitrogens with one attached hydrogen (secondary N) is 1. The third kappa shape index (κ3) is 3.74. The van der Waals surface area contributed by atoms with Gasteiger partial charge in [0.15, 0.2) is 0 Å². The Bertz CT molecular complexity index is 519. The van der Waals surface area contributed by atoms with E-state index in [1.807, 2.05) is 6.92 Å². The van der Waals surface area contributed by atoms with Crippen molar-refractivity contribution in [2.45, 2.75) is 32.7 Å². The first kappa shape index (κ1) is 16.0. The molecule has 1 rings (SSSR count). The van der Waals surface area contributed by atoms with Gasteiger partial charge in [0.1, 0.15) is 5.82 Å². The SMILES string of the molecule is CCC(CCO)NC(=O)c1cc([N+](=O)[O-])cc(C)c1F. The molecule has 0 radical (unpaired) electrons. The Kier molecular flexibility index (Phi) is 5.57. The molecule has 20 heavy (non-hydrogen) atoms. The molecule has 0 aliphatic heterocycles. The second-order valence-electron chi connectivity index (χ2n) is 4.47. The fourth-order valence-electron chi connectivity index (χ4n) is 1.82. The summed E-state index contributed by atoms with van der Waals surface area (Å²) in [4.78, 5) is 22.0. The number of hydrogen-bond acceptors (Lipinski definition) is 4. The number of halogens is 1. The zero-order valence-electron chi connectivity index (χ0n) is 11.4. The number of aryl methyl sites for hydroxylation is 1. The topological polar surface area (TPSA) is 92.5 Å². The molecule has 1 amide bonds. The van der Waals surface area contributed by atoms with Crippen LogP contribution >= 0.6 is 0 Å². The van der Waals surface area contributed by atoms with E-state index in [-0.39, 0.29) is 29.5 Å². The number of aliphatic hydroxyl groups is 1. The van der Waals surface area contributed by atoms with Crippen molar-refractivity contribution in [2.75, 3.05) is 6.61 Å². The van der Waals surface area contributed by atoms with Gasteiger partial charge >= 0.3 is 0 Å². The summed E-state index contributed by atoms with van der Waals surface area (Å²) in [6, 6.07) is 1.70. The molecule has 7 heteroatoms. The number of carbonyl (C=O) groups excluding carboxylic acids is 1. The van der Waals surface area contributed by atoms with Crippen molar-refractivity contribution in [2.24, 2.45) is 0 Å². The van der Waals surface area contributed by atoms with Crippen LogP contribution in [0.5, 0.6) is 0 Å². The average Bonchev–Trinajstić information content (AvgIpc) is 2.40. The smallest absolute Gasteiger partial charge is 0.270 e. The Morgan fingerprint density at radius 1 is 1.55 bits per heavy atom. The number of benzene rings is 1. The van der Waals surface area contributed by atoms with Crippen LogP contribution in [0.4, 0.5) is 10.1 Å². The largest absolute Gasteiger partial charge is 0.396 e. The van der Waals surface area contributed by atoms with Crippen LogP contribution in [-0.2, 0) is 0 Å². The summed E-state index contributed by atoms with van der Waals surface area (Å²) >= 11 is 0. The molecule has 6 nitrogen and oxygen atoms in total. The lowest BCUT2D eigenvalue weighted by Gasteiger charge is -2.16. The van der Waals surface area contributed by atoms with Gasteiger partial charge < -0.3 is 10.4 Å². The third-order valence-electron chi connectivity index (χ3n) is 3.00. The Balaban J connectivity index is 3.05. The Hall–Kier alpha value is -2.02. The second kappa shape index (κ2) is 6.95. The molecular formula is C13H17FN2O4. The number of non-ortho nitro benzene ring substituents is 1. The minimum absolute atomic E-state index is 0.0413. The highest BCUT2D eigenvalue weighted by molar-refractivity contribution is 5.95. The molecule has 110 valence electrons. The van der Waals surface area contributed by atoms with Gasteiger partial charge in [0.2, 0.25) is 0 Å². The lowest BCUT2D eigenvalue weighted by molar-refractivity contribution is -0.385. The lowest BCUT2D eigenvalue weighted by Crippen LogP contribution is -2.35. The van der Waals surface area contributed by atoms with E-state index in [0.29, 0.717) is 12.8 Å². The molecule has 1 aromatic rings. The van der Waals surface area contributed by atoms with Crippen molar-refractivity contribution < 1.29 is 19.2 Å². The molecule has 0 saturated heterocycles. The van der Waals surface area contributed by atoms with E-state index in [9.17, 15) is 19.3 Å². The third-order valence-corrected chi connectivity index (χ3v) is 3.00. The molecule has 1 unspecified atom stereocenters. The predicted octanol–water partition coefficient (Wildman–Crippen LogP) is 1.93. The maximum Gasteiger partial charge on any atom is 0.270 e. The Labute approximate surface area is 115 Å². The molecule has 1 atom stereocenters.